The molecule has 0 amide bonds. The zero-order chi connectivity index (χ0) is 10.1. The van der Waals surface area contributed by atoms with Gasteiger partial charge in [-0.05, 0) is 17.7 Å². The van der Waals surface area contributed by atoms with E-state index < -0.39 is 0 Å². The molecule has 2 N–H and O–H groups in total. The first-order valence-corrected chi connectivity index (χ1v) is 5.12. The first-order chi connectivity index (χ1) is 6.72. The maximum absolute atomic E-state index is 8.67. The number of nitrogens with one attached hydrogen (secondary N) is 1. The zero-order valence-corrected chi connectivity index (χ0v) is 9.37. The standard InChI is InChI=1S/C10H11BrN2O/c1-13-6-7(5-12-14)9-3-2-8(11)4-10(9)13/h2-4,6,12,14H,5H2,1H3. The number of fused-ring (bicyclic) bond motifs is 1. The van der Waals surface area contributed by atoms with Gasteiger partial charge in [-0.15, -0.1) is 0 Å². The fourth-order valence-electron chi connectivity index (χ4n) is 1.67. The van der Waals surface area contributed by atoms with Gasteiger partial charge in [-0.1, -0.05) is 22.0 Å². The molecule has 0 unspecified atom stereocenters. The number of nitrogens with zero attached hydrogens (tertiary/aromatic N) is 1. The van der Waals surface area contributed by atoms with Crippen molar-refractivity contribution in [3.05, 3.63) is 34.4 Å². The molecule has 0 bridgehead atoms. The van der Waals surface area contributed by atoms with Gasteiger partial charge < -0.3 is 9.77 Å². The Morgan fingerprint density at radius 2 is 2.29 bits per heavy atom. The van der Waals surface area contributed by atoms with E-state index in [1.165, 1.54) is 0 Å². The molecule has 1 aromatic carbocycles. The summed E-state index contributed by atoms with van der Waals surface area (Å²) in [5, 5.41) is 9.84. The summed E-state index contributed by atoms with van der Waals surface area (Å²) in [6.07, 6.45) is 2.01. The van der Waals surface area contributed by atoms with E-state index in [0.29, 0.717) is 6.54 Å². The minimum atomic E-state index is 0.471. The number of halogens is 1. The summed E-state index contributed by atoms with van der Waals surface area (Å²) >= 11 is 3.44. The van der Waals surface area contributed by atoms with Crippen molar-refractivity contribution in [1.29, 1.82) is 0 Å². The predicted molar refractivity (Wildman–Crippen MR) is 59.2 cm³/mol. The SMILES string of the molecule is Cn1cc(CNO)c2ccc(Br)cc21. The van der Waals surface area contributed by atoms with Gasteiger partial charge in [0.15, 0.2) is 0 Å². The molecule has 0 fully saturated rings. The second-order valence-electron chi connectivity index (χ2n) is 3.26. The molecular weight excluding hydrogens is 244 g/mol. The van der Waals surface area contributed by atoms with Crippen LogP contribution < -0.4 is 5.48 Å². The lowest BCUT2D eigenvalue weighted by Gasteiger charge is -1.97. The highest BCUT2D eigenvalue weighted by Crippen LogP contribution is 2.24. The molecule has 0 aliphatic rings. The van der Waals surface area contributed by atoms with Crippen LogP contribution in [-0.4, -0.2) is 9.77 Å². The fraction of sp³-hybridized carbons (Fsp3) is 0.200. The molecule has 0 aliphatic carbocycles. The number of hydroxylamine groups is 1. The number of hydrogen-bond acceptors (Lipinski definition) is 2. The molecule has 14 heavy (non-hydrogen) atoms. The van der Waals surface area contributed by atoms with E-state index in [1.54, 1.807) is 0 Å². The van der Waals surface area contributed by atoms with Crippen molar-refractivity contribution in [3.8, 4) is 0 Å². The molecule has 0 aliphatic heterocycles. The summed E-state index contributed by atoms with van der Waals surface area (Å²) in [6.45, 7) is 0.471. The molecule has 0 atom stereocenters. The molecule has 3 nitrogen and oxygen atoms in total. The van der Waals surface area contributed by atoms with Gasteiger partial charge in [0.25, 0.3) is 0 Å². The van der Waals surface area contributed by atoms with Crippen LogP contribution in [0, 0.1) is 0 Å². The summed E-state index contributed by atoms with van der Waals surface area (Å²) in [5.74, 6) is 0. The smallest absolute Gasteiger partial charge is 0.0492 e. The summed E-state index contributed by atoms with van der Waals surface area (Å²) in [6, 6.07) is 6.12. The molecule has 0 radical (unpaired) electrons. The Bertz CT molecular complexity index is 464. The number of aromatic nitrogens is 1. The number of rotatable bonds is 2. The predicted octanol–water partition coefficient (Wildman–Crippen LogP) is 2.42. The van der Waals surface area contributed by atoms with E-state index in [4.69, 9.17) is 5.21 Å². The molecule has 1 heterocycles. The monoisotopic (exact) mass is 254 g/mol. The lowest BCUT2D eigenvalue weighted by molar-refractivity contribution is 0.161. The Labute approximate surface area is 90.4 Å². The Hall–Kier alpha value is -0.840. The third kappa shape index (κ3) is 1.56. The minimum absolute atomic E-state index is 0.471. The first-order valence-electron chi connectivity index (χ1n) is 4.33. The van der Waals surface area contributed by atoms with Crippen molar-refractivity contribution >= 4 is 26.8 Å². The Kier molecular flexibility index (Phi) is 2.58. The van der Waals surface area contributed by atoms with Crippen LogP contribution in [0.2, 0.25) is 0 Å². The van der Waals surface area contributed by atoms with Crippen LogP contribution in [0.5, 0.6) is 0 Å². The molecule has 74 valence electrons. The van der Waals surface area contributed by atoms with Crippen LogP contribution in [0.1, 0.15) is 5.56 Å². The van der Waals surface area contributed by atoms with E-state index in [2.05, 4.69) is 27.5 Å². The second kappa shape index (κ2) is 3.73. The lowest BCUT2D eigenvalue weighted by Crippen LogP contribution is -2.05. The van der Waals surface area contributed by atoms with Crippen LogP contribution in [0.4, 0.5) is 0 Å². The Morgan fingerprint density at radius 3 is 3.00 bits per heavy atom. The lowest BCUT2D eigenvalue weighted by atomic mass is 10.2. The highest BCUT2D eigenvalue weighted by atomic mass is 79.9. The van der Waals surface area contributed by atoms with Gasteiger partial charge >= 0.3 is 0 Å². The third-order valence-corrected chi connectivity index (χ3v) is 2.80. The second-order valence-corrected chi connectivity index (χ2v) is 4.18. The first kappa shape index (κ1) is 9.71. The van der Waals surface area contributed by atoms with Crippen LogP contribution in [0.3, 0.4) is 0 Å². The highest BCUT2D eigenvalue weighted by Gasteiger charge is 2.05. The van der Waals surface area contributed by atoms with Crippen LogP contribution in [0.15, 0.2) is 28.9 Å². The molecule has 0 saturated carbocycles. The molecule has 4 heteroatoms. The Morgan fingerprint density at radius 1 is 1.50 bits per heavy atom. The maximum Gasteiger partial charge on any atom is 0.0492 e. The minimum Gasteiger partial charge on any atom is -0.350 e. The molecule has 0 spiro atoms. The van der Waals surface area contributed by atoms with Gasteiger partial charge in [0.05, 0.1) is 0 Å². The fourth-order valence-corrected chi connectivity index (χ4v) is 2.02. The molecule has 2 aromatic rings. The van der Waals surface area contributed by atoms with Crippen LogP contribution in [0.25, 0.3) is 10.9 Å². The van der Waals surface area contributed by atoms with Crippen molar-refractivity contribution in [3.63, 3.8) is 0 Å². The normalized spacial score (nSPS) is 11.1. The average molecular weight is 255 g/mol. The van der Waals surface area contributed by atoms with Gasteiger partial charge in [0.1, 0.15) is 0 Å². The highest BCUT2D eigenvalue weighted by molar-refractivity contribution is 9.10. The molecule has 1 aromatic heterocycles. The van der Waals surface area contributed by atoms with E-state index >= 15 is 0 Å². The topological polar surface area (TPSA) is 37.2 Å². The van der Waals surface area contributed by atoms with Gasteiger partial charge in [-0.25, -0.2) is 5.48 Å². The number of hydrogen-bond donors (Lipinski definition) is 2. The Balaban J connectivity index is 2.65. The van der Waals surface area contributed by atoms with Gasteiger partial charge in [-0.2, -0.15) is 0 Å². The van der Waals surface area contributed by atoms with Gasteiger partial charge in [0.2, 0.25) is 0 Å². The van der Waals surface area contributed by atoms with E-state index in [1.807, 2.05) is 29.9 Å². The number of benzene rings is 1. The van der Waals surface area contributed by atoms with Crippen molar-refractivity contribution in [2.75, 3.05) is 0 Å². The van der Waals surface area contributed by atoms with E-state index in [0.717, 1.165) is 20.9 Å². The average Bonchev–Trinajstić information content (AvgIpc) is 2.44. The molecular formula is C10H11BrN2O. The van der Waals surface area contributed by atoms with Crippen molar-refractivity contribution in [2.45, 2.75) is 6.54 Å². The largest absolute Gasteiger partial charge is 0.350 e. The third-order valence-electron chi connectivity index (χ3n) is 2.30. The van der Waals surface area contributed by atoms with Crippen molar-refractivity contribution in [2.24, 2.45) is 7.05 Å². The van der Waals surface area contributed by atoms with E-state index in [-0.39, 0.29) is 0 Å². The summed E-state index contributed by atoms with van der Waals surface area (Å²) in [5.41, 5.74) is 4.43. The quantitative estimate of drug-likeness (QED) is 0.808. The van der Waals surface area contributed by atoms with E-state index in [9.17, 15) is 0 Å². The van der Waals surface area contributed by atoms with Gasteiger partial charge in [0, 0.05) is 35.2 Å². The summed E-state index contributed by atoms with van der Waals surface area (Å²) in [4.78, 5) is 0. The summed E-state index contributed by atoms with van der Waals surface area (Å²) in [7, 11) is 2.00. The zero-order valence-electron chi connectivity index (χ0n) is 7.79. The molecule has 2 rings (SSSR count). The van der Waals surface area contributed by atoms with Crippen LogP contribution in [-0.2, 0) is 13.6 Å². The summed E-state index contributed by atoms with van der Waals surface area (Å²) < 4.78 is 3.11. The van der Waals surface area contributed by atoms with Crippen LogP contribution >= 0.6 is 15.9 Å². The number of aryl methyl sites for hydroxylation is 1. The van der Waals surface area contributed by atoms with Gasteiger partial charge in [-0.3, -0.25) is 0 Å². The van der Waals surface area contributed by atoms with Crippen molar-refractivity contribution in [1.82, 2.24) is 10.0 Å². The van der Waals surface area contributed by atoms with Crippen molar-refractivity contribution < 1.29 is 5.21 Å². The molecule has 0 saturated heterocycles. The maximum atomic E-state index is 8.67.